The molecule has 34 heavy (non-hydrogen) atoms. The third kappa shape index (κ3) is 4.72. The number of hydrogen-bond donors (Lipinski definition) is 2. The van der Waals surface area contributed by atoms with Crippen LogP contribution in [-0.4, -0.2) is 45.0 Å². The number of piperidine rings is 1. The van der Waals surface area contributed by atoms with E-state index < -0.39 is 5.91 Å². The molecule has 0 radical (unpaired) electrons. The van der Waals surface area contributed by atoms with Gasteiger partial charge < -0.3 is 15.8 Å². The Hall–Kier alpha value is -3.15. The molecule has 176 valence electrons. The fraction of sp³-hybridized carbons (Fsp3) is 0.304. The highest BCUT2D eigenvalue weighted by molar-refractivity contribution is 7.20. The SMILES string of the molecule is Cc1c(C(N)=O)sc2ncnc(Nc3ccc(F)cc3OC3CCN(Cc4nccs4)CC3)c12. The van der Waals surface area contributed by atoms with Crippen molar-refractivity contribution in [3.63, 3.8) is 0 Å². The predicted molar refractivity (Wildman–Crippen MR) is 131 cm³/mol. The van der Waals surface area contributed by atoms with Gasteiger partial charge in [-0.3, -0.25) is 9.69 Å². The maximum atomic E-state index is 14.1. The molecule has 3 aromatic heterocycles. The topological polar surface area (TPSA) is 106 Å². The average Bonchev–Trinajstić information content (AvgIpc) is 3.45. The molecule has 0 spiro atoms. The molecule has 1 aliphatic rings. The van der Waals surface area contributed by atoms with Gasteiger partial charge >= 0.3 is 0 Å². The van der Waals surface area contributed by atoms with Gasteiger partial charge in [-0.15, -0.1) is 22.7 Å². The van der Waals surface area contributed by atoms with E-state index in [9.17, 15) is 9.18 Å². The van der Waals surface area contributed by atoms with Gasteiger partial charge in [-0.25, -0.2) is 19.3 Å². The van der Waals surface area contributed by atoms with E-state index in [4.69, 9.17) is 10.5 Å². The Kier molecular flexibility index (Phi) is 6.40. The number of carbonyl (C=O) groups excluding carboxylic acids is 1. The molecule has 1 fully saturated rings. The second kappa shape index (κ2) is 9.61. The molecule has 1 aromatic carbocycles. The molecule has 0 aliphatic carbocycles. The largest absolute Gasteiger partial charge is 0.488 e. The number of likely N-dealkylation sites (tertiary alicyclic amines) is 1. The molecule has 11 heteroatoms. The summed E-state index contributed by atoms with van der Waals surface area (Å²) < 4.78 is 20.4. The van der Waals surface area contributed by atoms with E-state index in [-0.39, 0.29) is 11.9 Å². The van der Waals surface area contributed by atoms with Gasteiger partial charge in [0.05, 0.1) is 22.5 Å². The van der Waals surface area contributed by atoms with Crippen molar-refractivity contribution in [2.75, 3.05) is 18.4 Å². The quantitative estimate of drug-likeness (QED) is 0.387. The number of fused-ring (bicyclic) bond motifs is 1. The first-order valence-electron chi connectivity index (χ1n) is 10.9. The minimum Gasteiger partial charge on any atom is -0.488 e. The first-order valence-corrected chi connectivity index (χ1v) is 12.6. The number of amides is 1. The fourth-order valence-corrected chi connectivity index (χ4v) is 5.77. The van der Waals surface area contributed by atoms with Crippen LogP contribution in [-0.2, 0) is 6.54 Å². The zero-order valence-electron chi connectivity index (χ0n) is 18.5. The van der Waals surface area contributed by atoms with Crippen LogP contribution in [0.2, 0.25) is 0 Å². The summed E-state index contributed by atoms with van der Waals surface area (Å²) in [4.78, 5) is 28.2. The zero-order valence-corrected chi connectivity index (χ0v) is 20.1. The van der Waals surface area contributed by atoms with E-state index in [0.29, 0.717) is 37.9 Å². The molecule has 0 unspecified atom stereocenters. The summed E-state index contributed by atoms with van der Waals surface area (Å²) in [6.45, 7) is 4.43. The van der Waals surface area contributed by atoms with Crippen molar-refractivity contribution in [3.05, 3.63) is 57.4 Å². The summed E-state index contributed by atoms with van der Waals surface area (Å²) in [7, 11) is 0. The van der Waals surface area contributed by atoms with Crippen molar-refractivity contribution in [2.45, 2.75) is 32.4 Å². The number of thiophene rings is 1. The third-order valence-electron chi connectivity index (χ3n) is 5.82. The average molecular weight is 499 g/mol. The molecule has 1 aliphatic heterocycles. The number of ether oxygens (including phenoxy) is 1. The number of anilines is 2. The maximum absolute atomic E-state index is 14.1. The highest BCUT2D eigenvalue weighted by Crippen LogP contribution is 2.37. The number of nitrogens with two attached hydrogens (primary N) is 1. The summed E-state index contributed by atoms with van der Waals surface area (Å²) in [5.74, 6) is 0.0601. The second-order valence-electron chi connectivity index (χ2n) is 8.11. The summed E-state index contributed by atoms with van der Waals surface area (Å²) >= 11 is 2.89. The minimum absolute atomic E-state index is 0.0235. The number of rotatable bonds is 7. The molecule has 5 rings (SSSR count). The molecular formula is C23H23FN6O2S2. The lowest BCUT2D eigenvalue weighted by molar-refractivity contribution is 0.0970. The molecule has 1 saturated heterocycles. The first-order chi connectivity index (χ1) is 16.5. The Morgan fingerprint density at radius 1 is 1.29 bits per heavy atom. The minimum atomic E-state index is -0.501. The zero-order chi connectivity index (χ0) is 23.7. The van der Waals surface area contributed by atoms with Gasteiger partial charge in [-0.2, -0.15) is 0 Å². The van der Waals surface area contributed by atoms with E-state index in [0.717, 1.165) is 37.5 Å². The smallest absolute Gasteiger partial charge is 0.259 e. The Morgan fingerprint density at radius 3 is 2.85 bits per heavy atom. The van der Waals surface area contributed by atoms with Gasteiger partial charge in [-0.05, 0) is 37.5 Å². The first kappa shape index (κ1) is 22.6. The van der Waals surface area contributed by atoms with E-state index in [2.05, 4.69) is 25.2 Å². The van der Waals surface area contributed by atoms with E-state index in [1.54, 1.807) is 17.4 Å². The lowest BCUT2D eigenvalue weighted by Crippen LogP contribution is -2.37. The lowest BCUT2D eigenvalue weighted by atomic mass is 10.1. The Morgan fingerprint density at radius 2 is 2.12 bits per heavy atom. The van der Waals surface area contributed by atoms with Gasteiger partial charge in [0.25, 0.3) is 5.91 Å². The molecule has 0 bridgehead atoms. The van der Waals surface area contributed by atoms with Crippen LogP contribution < -0.4 is 15.8 Å². The van der Waals surface area contributed by atoms with Crippen LogP contribution in [0.4, 0.5) is 15.9 Å². The van der Waals surface area contributed by atoms with Crippen molar-refractivity contribution in [1.29, 1.82) is 0 Å². The maximum Gasteiger partial charge on any atom is 0.259 e. The van der Waals surface area contributed by atoms with Crippen LogP contribution >= 0.6 is 22.7 Å². The summed E-state index contributed by atoms with van der Waals surface area (Å²) in [5.41, 5.74) is 6.82. The molecule has 1 amide bonds. The molecule has 3 N–H and O–H groups in total. The Bertz CT molecular complexity index is 1320. The van der Waals surface area contributed by atoms with Crippen LogP contribution in [0.25, 0.3) is 10.2 Å². The number of nitrogens with one attached hydrogen (secondary N) is 1. The van der Waals surface area contributed by atoms with Crippen molar-refractivity contribution >= 4 is 50.3 Å². The number of benzene rings is 1. The standard InChI is InChI=1S/C23H23FN6O2S2/c1-13-19-22(27-12-28-23(19)34-20(13)21(25)31)29-16-3-2-14(24)10-17(16)32-15-4-7-30(8-5-15)11-18-26-6-9-33-18/h2-3,6,9-10,12,15H,4-5,7-8,11H2,1H3,(H2,25,31)(H,27,28,29). The lowest BCUT2D eigenvalue weighted by Gasteiger charge is -2.32. The van der Waals surface area contributed by atoms with Crippen molar-refractivity contribution in [2.24, 2.45) is 5.73 Å². The van der Waals surface area contributed by atoms with Crippen molar-refractivity contribution in [1.82, 2.24) is 19.9 Å². The van der Waals surface area contributed by atoms with Gasteiger partial charge in [-0.1, -0.05) is 0 Å². The number of primary amides is 1. The highest BCUT2D eigenvalue weighted by atomic mass is 32.1. The molecular weight excluding hydrogens is 475 g/mol. The van der Waals surface area contributed by atoms with Crippen LogP contribution in [0, 0.1) is 12.7 Å². The van der Waals surface area contributed by atoms with Crippen molar-refractivity contribution in [3.8, 4) is 5.75 Å². The van der Waals surface area contributed by atoms with Gasteiger partial charge in [0.15, 0.2) is 0 Å². The number of hydrogen-bond acceptors (Lipinski definition) is 9. The predicted octanol–water partition coefficient (Wildman–Crippen LogP) is 4.48. The fourth-order valence-electron chi connectivity index (χ4n) is 4.11. The van der Waals surface area contributed by atoms with Gasteiger partial charge in [0.2, 0.25) is 0 Å². The highest BCUT2D eigenvalue weighted by Gasteiger charge is 2.23. The second-order valence-corrected chi connectivity index (χ2v) is 10.1. The molecule has 4 heterocycles. The monoisotopic (exact) mass is 498 g/mol. The molecule has 0 saturated carbocycles. The normalized spacial score (nSPS) is 15.0. The number of aryl methyl sites for hydroxylation is 1. The third-order valence-corrected chi connectivity index (χ3v) is 7.80. The van der Waals surface area contributed by atoms with Crippen LogP contribution in [0.15, 0.2) is 36.1 Å². The Balaban J connectivity index is 1.34. The molecule has 0 atom stereocenters. The number of halogens is 1. The summed E-state index contributed by atoms with van der Waals surface area (Å²) in [6, 6.07) is 4.39. The van der Waals surface area contributed by atoms with E-state index in [1.165, 1.54) is 29.8 Å². The summed E-state index contributed by atoms with van der Waals surface area (Å²) in [6.07, 6.45) is 4.90. The Labute approximate surface area is 203 Å². The van der Waals surface area contributed by atoms with E-state index >= 15 is 0 Å². The number of thiazole rings is 1. The van der Waals surface area contributed by atoms with Crippen molar-refractivity contribution < 1.29 is 13.9 Å². The molecule has 4 aromatic rings. The van der Waals surface area contributed by atoms with Crippen LogP contribution in [0.3, 0.4) is 0 Å². The van der Waals surface area contributed by atoms with Crippen LogP contribution in [0.1, 0.15) is 33.1 Å². The van der Waals surface area contributed by atoms with Gasteiger partial charge in [0.1, 0.15) is 39.7 Å². The molecule has 8 nitrogen and oxygen atoms in total. The number of carbonyl (C=O) groups is 1. The van der Waals surface area contributed by atoms with Crippen LogP contribution in [0.5, 0.6) is 5.75 Å². The van der Waals surface area contributed by atoms with E-state index in [1.807, 2.05) is 18.5 Å². The summed E-state index contributed by atoms with van der Waals surface area (Å²) in [5, 5.41) is 7.07. The number of aromatic nitrogens is 3. The van der Waals surface area contributed by atoms with Gasteiger partial charge in [0, 0.05) is 30.7 Å². The number of nitrogens with zero attached hydrogens (tertiary/aromatic N) is 4.